The molecule has 4 nitrogen and oxygen atoms in total. The minimum absolute atomic E-state index is 0.429. The van der Waals surface area contributed by atoms with Crippen LogP contribution in [0.5, 0.6) is 0 Å². The Morgan fingerprint density at radius 1 is 0.268 bits per heavy atom. The monoisotopic (exact) mass is 1040 g/mol. The Bertz CT molecular complexity index is 4920. The zero-order chi connectivity index (χ0) is 53.4. The van der Waals surface area contributed by atoms with Crippen LogP contribution < -0.4 is 0 Å². The fraction of sp³-hybridized carbons (Fsp3) is 0.0256. The molecule has 3 aromatic heterocycles. The van der Waals surface area contributed by atoms with Gasteiger partial charge in [0.15, 0.2) is 11.5 Å². The fourth-order valence-electron chi connectivity index (χ4n) is 15.8. The molecule has 4 heteroatoms. The molecule has 0 fully saturated rings. The van der Waals surface area contributed by atoms with E-state index in [4.69, 9.17) is 10.2 Å². The van der Waals surface area contributed by atoms with Gasteiger partial charge in [-0.05, 0) is 183 Å². The summed E-state index contributed by atoms with van der Waals surface area (Å²) in [4.78, 5) is 0. The molecule has 4 aliphatic rings. The van der Waals surface area contributed by atoms with E-state index >= 15 is 0 Å². The molecule has 0 N–H and O–H groups in total. The second kappa shape index (κ2) is 16.0. The summed E-state index contributed by atoms with van der Waals surface area (Å²) in [5, 5.41) is 14.1. The molecule has 378 valence electrons. The Morgan fingerprint density at radius 2 is 0.634 bits per heavy atom. The van der Waals surface area contributed by atoms with E-state index in [0.717, 1.165) is 44.5 Å². The normalized spacial score (nSPS) is 14.0. The molecular weight excluding hydrogens is 993 g/mol. The number of nitrogens with zero attached hydrogens (tertiary/aromatic N) is 4. The predicted molar refractivity (Wildman–Crippen MR) is 334 cm³/mol. The molecule has 0 saturated carbocycles. The van der Waals surface area contributed by atoms with E-state index in [9.17, 15) is 0 Å². The summed E-state index contributed by atoms with van der Waals surface area (Å²) in [6.45, 7) is 0. The van der Waals surface area contributed by atoms with Crippen molar-refractivity contribution in [2.24, 2.45) is 0 Å². The van der Waals surface area contributed by atoms with Gasteiger partial charge in [0.05, 0.1) is 21.9 Å². The average molecular weight is 1040 g/mol. The minimum Gasteiger partial charge on any atom is -0.309 e. The van der Waals surface area contributed by atoms with Crippen LogP contribution in [0.15, 0.2) is 279 Å². The molecule has 3 heterocycles. The third-order valence-electron chi connectivity index (χ3n) is 19.1. The maximum Gasteiger partial charge on any atom is 0.168 e. The zero-order valence-corrected chi connectivity index (χ0v) is 44.3. The van der Waals surface area contributed by atoms with E-state index < -0.39 is 10.8 Å². The summed E-state index contributed by atoms with van der Waals surface area (Å²) in [6.07, 6.45) is 2.08. The Hall–Kier alpha value is -10.7. The first kappa shape index (κ1) is 44.2. The molecule has 15 aromatic rings. The van der Waals surface area contributed by atoms with E-state index in [-0.39, 0.29) is 0 Å². The summed E-state index contributed by atoms with van der Waals surface area (Å²) in [5.74, 6) is 0.816. The number of hydrogen-bond donors (Lipinski definition) is 0. The first-order chi connectivity index (χ1) is 40.7. The Labute approximate surface area is 473 Å². The molecule has 0 radical (unpaired) electrons. The Kier molecular flexibility index (Phi) is 8.63. The van der Waals surface area contributed by atoms with Gasteiger partial charge >= 0.3 is 0 Å². The number of rotatable bonds is 4. The summed E-state index contributed by atoms with van der Waals surface area (Å²) in [6, 6.07) is 103. The van der Waals surface area contributed by atoms with Crippen molar-refractivity contribution in [1.29, 1.82) is 0 Å². The molecule has 19 rings (SSSR count). The van der Waals surface area contributed by atoms with E-state index in [2.05, 4.69) is 288 Å². The van der Waals surface area contributed by atoms with Gasteiger partial charge in [0, 0.05) is 33.6 Å². The van der Waals surface area contributed by atoms with E-state index in [0.29, 0.717) is 0 Å². The van der Waals surface area contributed by atoms with Crippen LogP contribution in [0.25, 0.3) is 122 Å². The van der Waals surface area contributed by atoms with Crippen molar-refractivity contribution in [3.8, 4) is 83.8 Å². The van der Waals surface area contributed by atoms with Gasteiger partial charge in [0.2, 0.25) is 0 Å². The second-order valence-electron chi connectivity index (χ2n) is 22.8. The lowest BCUT2D eigenvalue weighted by Gasteiger charge is -2.30. The van der Waals surface area contributed by atoms with Crippen LogP contribution >= 0.6 is 0 Å². The first-order valence-electron chi connectivity index (χ1n) is 28.5. The molecule has 2 spiro atoms. The first-order valence-corrected chi connectivity index (χ1v) is 28.5. The molecule has 0 amide bonds. The average Bonchev–Trinajstić information content (AvgIpc) is 3.59. The maximum absolute atomic E-state index is 4.75. The van der Waals surface area contributed by atoms with Crippen molar-refractivity contribution in [1.82, 2.24) is 19.2 Å². The van der Waals surface area contributed by atoms with Gasteiger partial charge < -0.3 is 4.57 Å². The summed E-state index contributed by atoms with van der Waals surface area (Å²) >= 11 is 0. The minimum atomic E-state index is -0.429. The van der Waals surface area contributed by atoms with E-state index in [1.54, 1.807) is 0 Å². The second-order valence-corrected chi connectivity index (χ2v) is 22.8. The topological polar surface area (TPSA) is 35.1 Å². The lowest BCUT2D eigenvalue weighted by molar-refractivity contribution is 0.794. The molecule has 4 aliphatic carbocycles. The maximum atomic E-state index is 4.75. The molecule has 12 aromatic carbocycles. The summed E-state index contributed by atoms with van der Waals surface area (Å²) in [7, 11) is 0. The highest BCUT2D eigenvalue weighted by Crippen LogP contribution is 2.65. The number of benzene rings is 12. The third kappa shape index (κ3) is 5.51. The molecule has 0 saturated heterocycles. The predicted octanol–water partition coefficient (Wildman–Crippen LogP) is 18.7. The number of hydrogen-bond acceptors (Lipinski definition) is 2. The third-order valence-corrected chi connectivity index (χ3v) is 19.1. The molecule has 0 atom stereocenters. The van der Waals surface area contributed by atoms with Crippen molar-refractivity contribution in [2.45, 2.75) is 10.8 Å². The van der Waals surface area contributed by atoms with Crippen LogP contribution in [-0.4, -0.2) is 19.2 Å². The zero-order valence-electron chi connectivity index (χ0n) is 44.3. The van der Waals surface area contributed by atoms with Gasteiger partial charge in [-0.1, -0.05) is 206 Å². The van der Waals surface area contributed by atoms with Gasteiger partial charge in [-0.2, -0.15) is 0 Å². The standard InChI is InChI=1S/C78H46N4/c1-2-16-54-47(15-1)41-42-81-75(79-80-76(54)81)48-29-35-53(36-30-48)82-73-39-33-49(51-31-37-61-59-21-7-13-27-69(59)77(71(61)45-51)65-23-9-3-17-55(65)56-18-4-10-24-66(56)77)43-63(73)64-44-50(34-40-74(64)82)52-32-38-62-60-22-8-14-28-70(60)78(72(62)46-52)67-25-11-5-19-57(67)58-20-6-12-26-68(58)78/h1-46H. The van der Waals surface area contributed by atoms with Crippen LogP contribution in [0.4, 0.5) is 0 Å². The smallest absolute Gasteiger partial charge is 0.168 e. The van der Waals surface area contributed by atoms with Crippen LogP contribution in [0.3, 0.4) is 0 Å². The van der Waals surface area contributed by atoms with Crippen molar-refractivity contribution < 1.29 is 0 Å². The number of aromatic nitrogens is 4. The van der Waals surface area contributed by atoms with Crippen LogP contribution in [-0.2, 0) is 10.8 Å². The highest BCUT2D eigenvalue weighted by molar-refractivity contribution is 6.12. The molecule has 82 heavy (non-hydrogen) atoms. The van der Waals surface area contributed by atoms with E-state index in [1.807, 2.05) is 0 Å². The summed E-state index contributed by atoms with van der Waals surface area (Å²) in [5.41, 5.74) is 30.4. The highest BCUT2D eigenvalue weighted by atomic mass is 15.2. The number of fused-ring (bicyclic) bond motifs is 26. The van der Waals surface area contributed by atoms with Gasteiger partial charge in [-0.3, -0.25) is 4.40 Å². The largest absolute Gasteiger partial charge is 0.309 e. The molecular formula is C78H46N4. The molecule has 0 unspecified atom stereocenters. The Balaban J connectivity index is 0.808. The fourth-order valence-corrected chi connectivity index (χ4v) is 15.8. The van der Waals surface area contributed by atoms with Gasteiger partial charge in [0.1, 0.15) is 0 Å². The molecule has 0 bridgehead atoms. The SMILES string of the molecule is c1ccc2c(c1)-c1ccccc1C21c2ccccc2-c2ccc(-c3ccc4c(c3)c3cc(-c5ccc6c(c5)C5(c7ccccc7-c7ccccc75)c5ccccc5-6)ccc3n4-c3ccc(-c4nnc5c6ccccc6ccn45)cc3)cc21. The van der Waals surface area contributed by atoms with Crippen LogP contribution in [0.2, 0.25) is 0 Å². The van der Waals surface area contributed by atoms with Gasteiger partial charge in [0.25, 0.3) is 0 Å². The quantitative estimate of drug-likeness (QED) is 0.176. The van der Waals surface area contributed by atoms with Crippen molar-refractivity contribution in [3.05, 3.63) is 324 Å². The summed E-state index contributed by atoms with van der Waals surface area (Å²) < 4.78 is 4.55. The lowest BCUT2D eigenvalue weighted by atomic mass is 9.70. The van der Waals surface area contributed by atoms with Gasteiger partial charge in [-0.15, -0.1) is 10.2 Å². The van der Waals surface area contributed by atoms with Gasteiger partial charge in [-0.25, -0.2) is 0 Å². The van der Waals surface area contributed by atoms with Crippen LogP contribution in [0.1, 0.15) is 44.5 Å². The van der Waals surface area contributed by atoms with Crippen LogP contribution in [0, 0.1) is 0 Å². The highest BCUT2D eigenvalue weighted by Gasteiger charge is 2.53. The van der Waals surface area contributed by atoms with E-state index in [1.165, 1.54) is 122 Å². The number of pyridine rings is 1. The Morgan fingerprint density at radius 3 is 1.09 bits per heavy atom. The lowest BCUT2D eigenvalue weighted by Crippen LogP contribution is -2.25. The van der Waals surface area contributed by atoms with Crippen molar-refractivity contribution >= 4 is 38.2 Å². The molecule has 0 aliphatic heterocycles. The van der Waals surface area contributed by atoms with Crippen molar-refractivity contribution in [2.75, 3.05) is 0 Å². The van der Waals surface area contributed by atoms with Crippen molar-refractivity contribution in [3.63, 3.8) is 0 Å².